The first kappa shape index (κ1) is 32.4. The van der Waals surface area contributed by atoms with Crippen molar-refractivity contribution in [2.75, 3.05) is 49.6 Å². The van der Waals surface area contributed by atoms with Crippen LogP contribution in [0.3, 0.4) is 0 Å². The van der Waals surface area contributed by atoms with E-state index in [0.717, 1.165) is 16.8 Å². The lowest BCUT2D eigenvalue weighted by Crippen LogP contribution is -2.55. The van der Waals surface area contributed by atoms with E-state index in [4.69, 9.17) is 10.5 Å². The monoisotopic (exact) mass is 631 g/mol. The molecule has 2 aliphatic heterocycles. The number of nitrogens with zero attached hydrogens (tertiary/aromatic N) is 6. The Balaban J connectivity index is 1.66. The summed E-state index contributed by atoms with van der Waals surface area (Å²) in [6.07, 6.45) is 0.184. The van der Waals surface area contributed by atoms with Gasteiger partial charge < -0.3 is 20.3 Å². The van der Waals surface area contributed by atoms with Crippen molar-refractivity contribution < 1.29 is 27.1 Å². The Hall–Kier alpha value is -4.04. The molecule has 0 bridgehead atoms. The van der Waals surface area contributed by atoms with E-state index in [2.05, 4.69) is 14.9 Å². The van der Waals surface area contributed by atoms with Crippen LogP contribution in [-0.4, -0.2) is 83.4 Å². The van der Waals surface area contributed by atoms with Gasteiger partial charge in [0.1, 0.15) is 11.5 Å². The van der Waals surface area contributed by atoms with Gasteiger partial charge in [0.15, 0.2) is 5.82 Å². The van der Waals surface area contributed by atoms with Crippen molar-refractivity contribution in [2.45, 2.75) is 52.3 Å². The van der Waals surface area contributed by atoms with Crippen LogP contribution in [0, 0.1) is 17.6 Å². The van der Waals surface area contributed by atoms with Crippen LogP contribution in [0.25, 0.3) is 16.8 Å². The van der Waals surface area contributed by atoms with Crippen molar-refractivity contribution >= 4 is 17.5 Å². The number of piperazine rings is 1. The highest BCUT2D eigenvalue weighted by Crippen LogP contribution is 2.38. The lowest BCUT2D eigenvalue weighted by molar-refractivity contribution is 0.0109. The molecule has 2 fully saturated rings. The van der Waals surface area contributed by atoms with Gasteiger partial charge in [0, 0.05) is 80.1 Å². The van der Waals surface area contributed by atoms with Crippen molar-refractivity contribution in [3.63, 3.8) is 0 Å². The van der Waals surface area contributed by atoms with Crippen LogP contribution in [0.4, 0.5) is 29.2 Å². The van der Waals surface area contributed by atoms with Crippen molar-refractivity contribution in [1.82, 2.24) is 19.4 Å². The molecule has 2 aromatic heterocycles. The lowest BCUT2D eigenvalue weighted by atomic mass is 10.0. The van der Waals surface area contributed by atoms with E-state index < -0.39 is 51.9 Å². The molecule has 0 spiro atoms. The molecule has 2 aliphatic rings. The molecule has 2 saturated heterocycles. The summed E-state index contributed by atoms with van der Waals surface area (Å²) in [6.45, 7) is 10.3. The Labute approximate surface area is 258 Å². The molecule has 0 aliphatic carbocycles. The number of pyridine rings is 1. The highest BCUT2D eigenvalue weighted by atomic mass is 19.3. The molecule has 0 unspecified atom stereocenters. The number of rotatable bonds is 7. The van der Waals surface area contributed by atoms with Crippen LogP contribution in [-0.2, 0) is 4.74 Å². The number of likely N-dealkylation sites (N-methyl/N-ethyl adjacent to an activating group) is 1. The van der Waals surface area contributed by atoms with Crippen LogP contribution in [0.1, 0.15) is 50.0 Å². The molecule has 45 heavy (non-hydrogen) atoms. The van der Waals surface area contributed by atoms with Crippen molar-refractivity contribution in [2.24, 2.45) is 11.7 Å². The molecule has 3 aromatic rings. The number of benzene rings is 1. The summed E-state index contributed by atoms with van der Waals surface area (Å²) in [6, 6.07) is 1.61. The number of carbonyl (C=O) groups is 1. The van der Waals surface area contributed by atoms with Crippen molar-refractivity contribution in [3.8, 4) is 16.8 Å². The zero-order valence-electron chi connectivity index (χ0n) is 25.8. The highest BCUT2D eigenvalue weighted by Gasteiger charge is 2.33. The Kier molecular flexibility index (Phi) is 9.17. The standard InChI is InChI=1S/C31H37F4N7O3/c1-16(2)24-15-40(6-7-45-24)31-37-10-19(11-38-31)26-22(32)9-23(41-12-17(3)39(5)18(4)13-41)28(27(26)33)42-14-21(30(36)44)20(29(34)35)8-25(42)43/h8-11,14,16-18,24,29H,6-7,12-13,15H2,1-5H3,(H2,36,44)/t17-,18+,24-/m1/s1. The fourth-order valence-corrected chi connectivity index (χ4v) is 5.91. The first-order chi connectivity index (χ1) is 21.3. The molecule has 1 amide bonds. The summed E-state index contributed by atoms with van der Waals surface area (Å²) in [5.74, 6) is -2.66. The summed E-state index contributed by atoms with van der Waals surface area (Å²) in [5, 5.41) is 0. The maximum Gasteiger partial charge on any atom is 0.264 e. The second kappa shape index (κ2) is 12.8. The topological polar surface area (TPSA) is 110 Å². The number of ether oxygens (including phenoxy) is 1. The largest absolute Gasteiger partial charge is 0.374 e. The minimum Gasteiger partial charge on any atom is -0.374 e. The van der Waals surface area contributed by atoms with Gasteiger partial charge in [-0.2, -0.15) is 0 Å². The second-order valence-electron chi connectivity index (χ2n) is 12.1. The van der Waals surface area contributed by atoms with Gasteiger partial charge >= 0.3 is 0 Å². The van der Waals surface area contributed by atoms with E-state index in [0.29, 0.717) is 44.8 Å². The number of carbonyl (C=O) groups excluding carboxylic acids is 1. The average Bonchev–Trinajstić information content (AvgIpc) is 2.99. The van der Waals surface area contributed by atoms with Gasteiger partial charge in [-0.1, -0.05) is 13.8 Å². The third-order valence-corrected chi connectivity index (χ3v) is 8.75. The number of halogens is 4. The number of primary amides is 1. The summed E-state index contributed by atoms with van der Waals surface area (Å²) >= 11 is 0. The fourth-order valence-electron chi connectivity index (χ4n) is 5.91. The van der Waals surface area contributed by atoms with Gasteiger partial charge in [-0.3, -0.25) is 19.1 Å². The molecule has 14 heteroatoms. The van der Waals surface area contributed by atoms with Crippen molar-refractivity contribution in [1.29, 1.82) is 0 Å². The normalized spacial score (nSPS) is 21.2. The number of hydrogen-bond acceptors (Lipinski definition) is 8. The molecular weight excluding hydrogens is 594 g/mol. The Morgan fingerprint density at radius 3 is 2.27 bits per heavy atom. The lowest BCUT2D eigenvalue weighted by Gasteiger charge is -2.44. The molecule has 3 atom stereocenters. The van der Waals surface area contributed by atoms with E-state index >= 15 is 8.78 Å². The summed E-state index contributed by atoms with van der Waals surface area (Å²) in [4.78, 5) is 40.0. The maximum atomic E-state index is 16.8. The van der Waals surface area contributed by atoms with Gasteiger partial charge in [0.2, 0.25) is 5.95 Å². The van der Waals surface area contributed by atoms with Crippen LogP contribution in [0.15, 0.2) is 35.5 Å². The summed E-state index contributed by atoms with van der Waals surface area (Å²) in [7, 11) is 1.94. The predicted octanol–water partition coefficient (Wildman–Crippen LogP) is 4.00. The van der Waals surface area contributed by atoms with Gasteiger partial charge in [0.25, 0.3) is 17.9 Å². The Bertz CT molecular complexity index is 1620. The van der Waals surface area contributed by atoms with E-state index in [-0.39, 0.29) is 35.4 Å². The number of anilines is 2. The zero-order valence-corrected chi connectivity index (χ0v) is 25.8. The minimum atomic E-state index is -3.18. The average molecular weight is 632 g/mol. The van der Waals surface area contributed by atoms with E-state index in [9.17, 15) is 18.4 Å². The van der Waals surface area contributed by atoms with E-state index in [1.807, 2.05) is 39.6 Å². The molecular formula is C31H37F4N7O3. The van der Waals surface area contributed by atoms with Gasteiger partial charge in [-0.25, -0.2) is 27.5 Å². The molecule has 5 rings (SSSR count). The molecule has 1 aromatic carbocycles. The molecule has 10 nitrogen and oxygen atoms in total. The van der Waals surface area contributed by atoms with Crippen molar-refractivity contribution in [3.05, 3.63) is 63.8 Å². The number of amides is 1. The minimum absolute atomic E-state index is 0.00251. The molecule has 0 radical (unpaired) electrons. The smallest absolute Gasteiger partial charge is 0.264 e. The Morgan fingerprint density at radius 2 is 1.69 bits per heavy atom. The van der Waals surface area contributed by atoms with Crippen LogP contribution >= 0.6 is 0 Å². The SMILES string of the molecule is CC(C)[C@H]1CN(c2ncc(-c3c(F)cc(N4C[C@@H](C)N(C)[C@@H](C)C4)c(-n4cc(C(N)=O)c(C(F)F)cc4=O)c3F)cn2)CCO1. The number of nitrogens with two attached hydrogens (primary N) is 1. The number of aromatic nitrogens is 3. The summed E-state index contributed by atoms with van der Waals surface area (Å²) < 4.78 is 66.7. The number of morpholine rings is 1. The van der Waals surface area contributed by atoms with Crippen LogP contribution in [0.2, 0.25) is 0 Å². The second-order valence-corrected chi connectivity index (χ2v) is 12.1. The van der Waals surface area contributed by atoms with Crippen LogP contribution < -0.4 is 21.1 Å². The zero-order chi connectivity index (χ0) is 32.7. The Morgan fingerprint density at radius 1 is 1.04 bits per heavy atom. The van der Waals surface area contributed by atoms with E-state index in [1.165, 1.54) is 12.4 Å². The summed E-state index contributed by atoms with van der Waals surface area (Å²) in [5.41, 5.74) is 1.92. The van der Waals surface area contributed by atoms with Gasteiger partial charge in [-0.15, -0.1) is 0 Å². The first-order valence-corrected chi connectivity index (χ1v) is 14.8. The quantitative estimate of drug-likeness (QED) is 0.390. The van der Waals surface area contributed by atoms with Gasteiger partial charge in [0.05, 0.1) is 29.5 Å². The third kappa shape index (κ3) is 6.25. The fraction of sp³-hybridized carbons (Fsp3) is 0.484. The maximum absolute atomic E-state index is 16.8. The van der Waals surface area contributed by atoms with E-state index in [1.54, 1.807) is 4.90 Å². The molecule has 2 N–H and O–H groups in total. The third-order valence-electron chi connectivity index (χ3n) is 8.75. The predicted molar refractivity (Wildman–Crippen MR) is 162 cm³/mol. The highest BCUT2D eigenvalue weighted by molar-refractivity contribution is 5.94. The number of alkyl halides is 2. The van der Waals surface area contributed by atoms with Crippen LogP contribution in [0.5, 0.6) is 0 Å². The molecule has 242 valence electrons. The number of hydrogen-bond donors (Lipinski definition) is 1. The molecule has 0 saturated carbocycles. The van der Waals surface area contributed by atoms with Gasteiger partial charge in [-0.05, 0) is 26.8 Å². The molecule has 4 heterocycles. The first-order valence-electron chi connectivity index (χ1n) is 14.8.